The first-order chi connectivity index (χ1) is 11.7. The number of aromatic nitrogens is 3. The fourth-order valence-corrected chi connectivity index (χ4v) is 3.12. The molecule has 7 nitrogen and oxygen atoms in total. The molecule has 2 aromatic rings. The Hall–Kier alpha value is -1.84. The summed E-state index contributed by atoms with van der Waals surface area (Å²) >= 11 is 0. The first-order valence-corrected chi connectivity index (χ1v) is 8.13. The molecule has 2 aromatic heterocycles. The zero-order chi connectivity index (χ0) is 16.9. The van der Waals surface area contributed by atoms with Crippen molar-refractivity contribution in [3.05, 3.63) is 41.9 Å². The summed E-state index contributed by atoms with van der Waals surface area (Å²) in [6.07, 6.45) is 6.91. The Morgan fingerprint density at radius 1 is 1.48 bits per heavy atom. The second-order valence-electron chi connectivity index (χ2n) is 5.95. The maximum atomic E-state index is 5.30. The molecule has 1 saturated heterocycles. The minimum atomic E-state index is 0. The van der Waals surface area contributed by atoms with E-state index >= 15 is 0 Å². The quantitative estimate of drug-likeness (QED) is 0.433. The van der Waals surface area contributed by atoms with Crippen molar-refractivity contribution in [3.63, 3.8) is 0 Å². The number of rotatable bonds is 4. The molecule has 136 valence electrons. The number of halogens is 1. The van der Waals surface area contributed by atoms with Gasteiger partial charge in [-0.25, -0.2) is 4.98 Å². The number of nitrogens with one attached hydrogen (secondary N) is 1. The maximum Gasteiger partial charge on any atom is 0.218 e. The Morgan fingerprint density at radius 3 is 3.00 bits per heavy atom. The van der Waals surface area contributed by atoms with Crippen molar-refractivity contribution in [3.8, 4) is 5.88 Å². The fraction of sp³-hybridized carbons (Fsp3) is 0.471. The lowest BCUT2D eigenvalue weighted by molar-refractivity contribution is 0.391. The lowest BCUT2D eigenvalue weighted by atomic mass is 10.0. The van der Waals surface area contributed by atoms with Crippen molar-refractivity contribution in [1.29, 1.82) is 0 Å². The summed E-state index contributed by atoms with van der Waals surface area (Å²) in [4.78, 5) is 10.9. The average Bonchev–Trinajstić information content (AvgIpc) is 3.25. The highest BCUT2D eigenvalue weighted by Crippen LogP contribution is 2.26. The van der Waals surface area contributed by atoms with Crippen LogP contribution in [0.4, 0.5) is 0 Å². The summed E-state index contributed by atoms with van der Waals surface area (Å²) < 4.78 is 7.16. The number of pyridine rings is 1. The smallest absolute Gasteiger partial charge is 0.218 e. The van der Waals surface area contributed by atoms with Crippen LogP contribution < -0.4 is 10.1 Å². The van der Waals surface area contributed by atoms with Crippen LogP contribution in [-0.2, 0) is 13.6 Å². The molecule has 1 N–H and O–H groups in total. The SMILES string of the molecule is CN=C(NCc1cccnc1OC)N1CCC(c2cnn(C)c2)C1.I. The molecule has 8 heteroatoms. The number of aliphatic imine (C=N–C) groups is 1. The number of methoxy groups -OCH3 is 1. The van der Waals surface area contributed by atoms with Crippen LogP contribution in [0.5, 0.6) is 5.88 Å². The van der Waals surface area contributed by atoms with E-state index in [1.807, 2.05) is 37.1 Å². The first kappa shape index (κ1) is 19.5. The summed E-state index contributed by atoms with van der Waals surface area (Å²) in [7, 11) is 5.41. The molecule has 0 saturated carbocycles. The number of ether oxygens (including phenoxy) is 1. The zero-order valence-corrected chi connectivity index (χ0v) is 17.2. The highest BCUT2D eigenvalue weighted by Gasteiger charge is 2.26. The lowest BCUT2D eigenvalue weighted by Gasteiger charge is -2.22. The van der Waals surface area contributed by atoms with Crippen LogP contribution in [0.2, 0.25) is 0 Å². The number of likely N-dealkylation sites (tertiary alicyclic amines) is 1. The van der Waals surface area contributed by atoms with Gasteiger partial charge in [0.2, 0.25) is 5.88 Å². The van der Waals surface area contributed by atoms with E-state index in [1.165, 1.54) is 5.56 Å². The molecule has 0 aromatic carbocycles. The molecular formula is C17H25IN6O. The lowest BCUT2D eigenvalue weighted by Crippen LogP contribution is -2.39. The van der Waals surface area contributed by atoms with Gasteiger partial charge < -0.3 is 15.0 Å². The van der Waals surface area contributed by atoms with Crippen LogP contribution in [0, 0.1) is 0 Å². The van der Waals surface area contributed by atoms with Gasteiger partial charge in [-0.3, -0.25) is 9.67 Å². The van der Waals surface area contributed by atoms with E-state index in [-0.39, 0.29) is 24.0 Å². The molecule has 1 aliphatic heterocycles. The van der Waals surface area contributed by atoms with Gasteiger partial charge in [-0.2, -0.15) is 5.10 Å². The van der Waals surface area contributed by atoms with Crippen LogP contribution in [0.1, 0.15) is 23.5 Å². The first-order valence-electron chi connectivity index (χ1n) is 8.13. The van der Waals surface area contributed by atoms with Gasteiger partial charge in [0.25, 0.3) is 0 Å². The van der Waals surface area contributed by atoms with E-state index in [1.54, 1.807) is 13.3 Å². The summed E-state index contributed by atoms with van der Waals surface area (Å²) in [5.41, 5.74) is 2.31. The summed E-state index contributed by atoms with van der Waals surface area (Å²) in [5, 5.41) is 7.69. The second kappa shape index (κ2) is 9.02. The molecule has 0 spiro atoms. The molecule has 3 rings (SSSR count). The van der Waals surface area contributed by atoms with Crippen molar-refractivity contribution in [1.82, 2.24) is 25.0 Å². The molecule has 1 fully saturated rings. The van der Waals surface area contributed by atoms with Gasteiger partial charge in [0.05, 0.1) is 13.3 Å². The predicted octanol–water partition coefficient (Wildman–Crippen LogP) is 2.01. The van der Waals surface area contributed by atoms with Gasteiger partial charge in [0, 0.05) is 57.6 Å². The van der Waals surface area contributed by atoms with Gasteiger partial charge in [0.1, 0.15) is 0 Å². The molecule has 0 radical (unpaired) electrons. The van der Waals surface area contributed by atoms with Gasteiger partial charge in [-0.15, -0.1) is 24.0 Å². The third-order valence-electron chi connectivity index (χ3n) is 4.38. The molecule has 1 atom stereocenters. The van der Waals surface area contributed by atoms with Crippen LogP contribution in [0.15, 0.2) is 35.7 Å². The van der Waals surface area contributed by atoms with Crippen LogP contribution in [0.3, 0.4) is 0 Å². The minimum Gasteiger partial charge on any atom is -0.481 e. The average molecular weight is 456 g/mol. The van der Waals surface area contributed by atoms with E-state index < -0.39 is 0 Å². The van der Waals surface area contributed by atoms with E-state index in [0.717, 1.165) is 31.0 Å². The summed E-state index contributed by atoms with van der Waals surface area (Å²) in [5.74, 6) is 2.06. The van der Waals surface area contributed by atoms with Crippen molar-refractivity contribution in [2.45, 2.75) is 18.9 Å². The molecule has 1 aliphatic rings. The van der Waals surface area contributed by atoms with Crippen molar-refractivity contribution in [2.24, 2.45) is 12.0 Å². The van der Waals surface area contributed by atoms with Crippen LogP contribution >= 0.6 is 24.0 Å². The number of guanidine groups is 1. The van der Waals surface area contributed by atoms with Crippen molar-refractivity contribution in [2.75, 3.05) is 27.2 Å². The van der Waals surface area contributed by atoms with Gasteiger partial charge in [-0.05, 0) is 18.1 Å². The molecule has 1 unspecified atom stereocenters. The molecule has 3 heterocycles. The Labute approximate surface area is 165 Å². The molecular weight excluding hydrogens is 431 g/mol. The van der Waals surface area contributed by atoms with Crippen LogP contribution in [0.25, 0.3) is 0 Å². The highest BCUT2D eigenvalue weighted by atomic mass is 127. The number of hydrogen-bond donors (Lipinski definition) is 1. The van der Waals surface area contributed by atoms with Gasteiger partial charge in [-0.1, -0.05) is 6.07 Å². The number of nitrogens with zero attached hydrogens (tertiary/aromatic N) is 5. The molecule has 0 aliphatic carbocycles. The summed E-state index contributed by atoms with van der Waals surface area (Å²) in [6, 6.07) is 3.92. The Balaban J connectivity index is 0.00000225. The third kappa shape index (κ3) is 4.62. The Bertz CT molecular complexity index is 717. The summed E-state index contributed by atoms with van der Waals surface area (Å²) in [6.45, 7) is 2.58. The fourth-order valence-electron chi connectivity index (χ4n) is 3.12. The van der Waals surface area contributed by atoms with E-state index in [2.05, 4.69) is 31.5 Å². The van der Waals surface area contributed by atoms with Gasteiger partial charge >= 0.3 is 0 Å². The standard InChI is InChI=1S/C17H24N6O.HI/c1-18-17(20-9-13-5-4-7-19-16(13)24-3)23-8-6-14(12-23)15-10-21-22(2)11-15;/h4-5,7,10-11,14H,6,8-9,12H2,1-3H3,(H,18,20);1H. The van der Waals surface area contributed by atoms with Crippen molar-refractivity contribution >= 4 is 29.9 Å². The number of hydrogen-bond acceptors (Lipinski definition) is 4. The largest absolute Gasteiger partial charge is 0.481 e. The second-order valence-corrected chi connectivity index (χ2v) is 5.95. The Kier molecular flexibility index (Phi) is 7.03. The maximum absolute atomic E-state index is 5.30. The highest BCUT2D eigenvalue weighted by molar-refractivity contribution is 14.0. The third-order valence-corrected chi connectivity index (χ3v) is 4.38. The monoisotopic (exact) mass is 456 g/mol. The van der Waals surface area contributed by atoms with E-state index in [4.69, 9.17) is 4.74 Å². The van der Waals surface area contributed by atoms with Gasteiger partial charge in [0.15, 0.2) is 5.96 Å². The normalized spacial score (nSPS) is 17.3. The topological polar surface area (TPSA) is 67.6 Å². The van der Waals surface area contributed by atoms with E-state index in [0.29, 0.717) is 18.3 Å². The zero-order valence-electron chi connectivity index (χ0n) is 14.8. The molecule has 25 heavy (non-hydrogen) atoms. The molecule has 0 bridgehead atoms. The molecule has 0 amide bonds. The van der Waals surface area contributed by atoms with Crippen molar-refractivity contribution < 1.29 is 4.74 Å². The Morgan fingerprint density at radius 2 is 2.32 bits per heavy atom. The predicted molar refractivity (Wildman–Crippen MR) is 109 cm³/mol. The van der Waals surface area contributed by atoms with Crippen LogP contribution in [-0.4, -0.2) is 52.9 Å². The number of aryl methyl sites for hydroxylation is 1. The van der Waals surface area contributed by atoms with E-state index in [9.17, 15) is 0 Å². The minimum absolute atomic E-state index is 0.